The molecule has 0 bridgehead atoms. The van der Waals surface area contributed by atoms with Gasteiger partial charge in [0.1, 0.15) is 18.8 Å². The van der Waals surface area contributed by atoms with Gasteiger partial charge < -0.3 is 24.3 Å². The molecule has 1 fully saturated rings. The largest absolute Gasteiger partial charge is 0.486 e. The van der Waals surface area contributed by atoms with Crippen LogP contribution < -0.4 is 14.8 Å². The van der Waals surface area contributed by atoms with Gasteiger partial charge in [-0.15, -0.1) is 0 Å². The average Bonchev–Trinajstić information content (AvgIpc) is 3.47. The minimum atomic E-state index is -3.99. The first-order chi connectivity index (χ1) is 18.0. The van der Waals surface area contributed by atoms with Crippen molar-refractivity contribution in [2.75, 3.05) is 39.4 Å². The van der Waals surface area contributed by atoms with Gasteiger partial charge in [-0.2, -0.15) is 8.78 Å². The number of halogens is 4. The van der Waals surface area contributed by atoms with Gasteiger partial charge in [0.15, 0.2) is 17.3 Å². The number of furan rings is 1. The van der Waals surface area contributed by atoms with Crippen LogP contribution in [0.4, 0.5) is 17.6 Å². The SMILES string of the molecule is Cc1ccc2oc(C(F)(F)C(=O)NCC(CN3CCC(F)(F)C3)[C@H](O)c3ccc4c(c3)OCCO4)cc2c1. The number of aliphatic hydroxyl groups is 1. The fourth-order valence-electron chi connectivity index (χ4n) is 4.85. The van der Waals surface area contributed by atoms with Crippen LogP contribution in [0, 0.1) is 12.8 Å². The van der Waals surface area contributed by atoms with Crippen molar-refractivity contribution in [3.63, 3.8) is 0 Å². The lowest BCUT2D eigenvalue weighted by Crippen LogP contribution is -2.44. The summed E-state index contributed by atoms with van der Waals surface area (Å²) in [4.78, 5) is 14.1. The Labute approximate surface area is 216 Å². The van der Waals surface area contributed by atoms with Gasteiger partial charge in [-0.1, -0.05) is 17.7 Å². The summed E-state index contributed by atoms with van der Waals surface area (Å²) < 4.78 is 74.0. The van der Waals surface area contributed by atoms with Crippen LogP contribution in [0.2, 0.25) is 0 Å². The number of aryl methyl sites for hydroxylation is 1. The summed E-state index contributed by atoms with van der Waals surface area (Å²) in [6.45, 7) is 1.66. The maximum absolute atomic E-state index is 15.0. The minimum Gasteiger partial charge on any atom is -0.486 e. The van der Waals surface area contributed by atoms with Crippen LogP contribution in [0.15, 0.2) is 46.9 Å². The molecule has 204 valence electrons. The Morgan fingerprint density at radius 1 is 1.13 bits per heavy atom. The van der Waals surface area contributed by atoms with Crippen LogP contribution in [0.25, 0.3) is 11.0 Å². The number of hydrogen-bond acceptors (Lipinski definition) is 6. The molecule has 7 nitrogen and oxygen atoms in total. The lowest BCUT2D eigenvalue weighted by Gasteiger charge is -2.29. The van der Waals surface area contributed by atoms with E-state index < -0.39 is 42.1 Å². The molecular weight excluding hydrogens is 508 g/mol. The summed E-state index contributed by atoms with van der Waals surface area (Å²) in [6, 6.07) is 10.8. The third-order valence-electron chi connectivity index (χ3n) is 6.89. The highest BCUT2D eigenvalue weighted by atomic mass is 19.3. The number of amides is 1. The molecule has 0 saturated carbocycles. The van der Waals surface area contributed by atoms with Crippen molar-refractivity contribution >= 4 is 16.9 Å². The predicted molar refractivity (Wildman–Crippen MR) is 130 cm³/mol. The molecule has 2 aliphatic rings. The molecule has 1 unspecified atom stereocenters. The van der Waals surface area contributed by atoms with Crippen LogP contribution in [-0.4, -0.2) is 61.2 Å². The highest BCUT2D eigenvalue weighted by Crippen LogP contribution is 2.37. The number of aliphatic hydroxyl groups excluding tert-OH is 1. The van der Waals surface area contributed by atoms with Crippen LogP contribution in [0.3, 0.4) is 0 Å². The van der Waals surface area contributed by atoms with E-state index in [1.165, 1.54) is 4.90 Å². The number of benzene rings is 2. The Morgan fingerprint density at radius 2 is 1.89 bits per heavy atom. The van der Waals surface area contributed by atoms with Gasteiger partial charge in [0.2, 0.25) is 0 Å². The number of fused-ring (bicyclic) bond motifs is 2. The molecule has 3 aromatic rings. The van der Waals surface area contributed by atoms with E-state index in [2.05, 4.69) is 5.32 Å². The summed E-state index contributed by atoms with van der Waals surface area (Å²) in [5.41, 5.74) is 1.46. The normalized spacial score (nSPS) is 18.9. The molecule has 2 N–H and O–H groups in total. The van der Waals surface area contributed by atoms with Gasteiger partial charge in [0.25, 0.3) is 11.8 Å². The number of likely N-dealkylation sites (tertiary alicyclic amines) is 1. The van der Waals surface area contributed by atoms with Crippen molar-refractivity contribution in [2.24, 2.45) is 5.92 Å². The molecule has 3 heterocycles. The molecule has 1 saturated heterocycles. The van der Waals surface area contributed by atoms with Crippen LogP contribution in [-0.2, 0) is 10.7 Å². The molecule has 5 rings (SSSR count). The molecule has 2 aromatic carbocycles. The van der Waals surface area contributed by atoms with Gasteiger partial charge in [0.05, 0.1) is 12.6 Å². The number of carbonyl (C=O) groups excluding carboxylic acids is 1. The van der Waals surface area contributed by atoms with Crippen molar-refractivity contribution in [1.29, 1.82) is 0 Å². The van der Waals surface area contributed by atoms with E-state index in [1.807, 2.05) is 0 Å². The maximum atomic E-state index is 15.0. The van der Waals surface area contributed by atoms with Crippen molar-refractivity contribution in [3.05, 3.63) is 59.4 Å². The fraction of sp³-hybridized carbons (Fsp3) is 0.444. The van der Waals surface area contributed by atoms with E-state index in [-0.39, 0.29) is 31.6 Å². The molecule has 2 aliphatic heterocycles. The van der Waals surface area contributed by atoms with Crippen molar-refractivity contribution in [1.82, 2.24) is 10.2 Å². The van der Waals surface area contributed by atoms with Gasteiger partial charge >= 0.3 is 5.92 Å². The topological polar surface area (TPSA) is 84.2 Å². The second kappa shape index (κ2) is 10.1. The van der Waals surface area contributed by atoms with Crippen molar-refractivity contribution in [2.45, 2.75) is 31.3 Å². The zero-order valence-electron chi connectivity index (χ0n) is 20.7. The standard InChI is InChI=1S/C27H28F4N2O5/c1-16-2-4-20-18(10-16)12-23(38-20)27(30,31)25(35)32-13-19(14-33-7-6-26(28,29)15-33)24(34)17-3-5-21-22(11-17)37-9-8-36-21/h2-5,10-12,19,24,34H,6-9,13-15H2,1H3,(H,32,35)/t19?,24-/m1/s1. The molecule has 1 amide bonds. The fourth-order valence-corrected chi connectivity index (χ4v) is 4.85. The molecule has 0 aliphatic carbocycles. The van der Waals surface area contributed by atoms with Crippen LogP contribution in [0.5, 0.6) is 11.5 Å². The third kappa shape index (κ3) is 5.44. The first kappa shape index (κ1) is 26.3. The molecule has 2 atom stereocenters. The summed E-state index contributed by atoms with van der Waals surface area (Å²) in [5, 5.41) is 13.8. The van der Waals surface area contributed by atoms with E-state index in [0.29, 0.717) is 35.7 Å². The van der Waals surface area contributed by atoms with Crippen molar-refractivity contribution < 1.29 is 41.4 Å². The monoisotopic (exact) mass is 536 g/mol. The Bertz CT molecular complexity index is 1330. The molecule has 1 aromatic heterocycles. The van der Waals surface area contributed by atoms with E-state index >= 15 is 8.78 Å². The van der Waals surface area contributed by atoms with E-state index in [9.17, 15) is 18.7 Å². The smallest absolute Gasteiger partial charge is 0.380 e. The lowest BCUT2D eigenvalue weighted by atomic mass is 9.94. The van der Waals surface area contributed by atoms with Gasteiger partial charge in [-0.25, -0.2) is 8.78 Å². The van der Waals surface area contributed by atoms with Crippen LogP contribution in [0.1, 0.15) is 29.4 Å². The van der Waals surface area contributed by atoms with Gasteiger partial charge in [-0.05, 0) is 42.8 Å². The zero-order valence-corrected chi connectivity index (χ0v) is 20.7. The molecular formula is C27H28F4N2O5. The maximum Gasteiger partial charge on any atom is 0.380 e. The number of hydrogen-bond donors (Lipinski definition) is 2. The van der Waals surface area contributed by atoms with Crippen molar-refractivity contribution in [3.8, 4) is 11.5 Å². The number of nitrogens with zero attached hydrogens (tertiary/aromatic N) is 1. The minimum absolute atomic E-state index is 0.0407. The number of carbonyl (C=O) groups is 1. The molecule has 0 spiro atoms. The van der Waals surface area contributed by atoms with E-state index in [0.717, 1.165) is 11.6 Å². The lowest BCUT2D eigenvalue weighted by molar-refractivity contribution is -0.149. The number of ether oxygens (including phenoxy) is 2. The number of nitrogens with one attached hydrogen (secondary N) is 1. The summed E-state index contributed by atoms with van der Waals surface area (Å²) in [6.07, 6.45) is -1.60. The Kier molecular flexibility index (Phi) is 6.99. The molecule has 11 heteroatoms. The summed E-state index contributed by atoms with van der Waals surface area (Å²) in [5.74, 6) is -9.24. The predicted octanol–water partition coefficient (Wildman–Crippen LogP) is 4.41. The van der Waals surface area contributed by atoms with E-state index in [4.69, 9.17) is 13.9 Å². The molecule has 0 radical (unpaired) electrons. The highest BCUT2D eigenvalue weighted by Gasteiger charge is 2.45. The van der Waals surface area contributed by atoms with Crippen LogP contribution >= 0.6 is 0 Å². The number of alkyl halides is 4. The quantitative estimate of drug-likeness (QED) is 0.415. The highest BCUT2D eigenvalue weighted by molar-refractivity contribution is 5.86. The first-order valence-electron chi connectivity index (χ1n) is 12.4. The average molecular weight is 537 g/mol. The zero-order chi connectivity index (χ0) is 27.1. The van der Waals surface area contributed by atoms with Gasteiger partial charge in [-0.3, -0.25) is 9.69 Å². The first-order valence-corrected chi connectivity index (χ1v) is 12.4. The molecule has 38 heavy (non-hydrogen) atoms. The Hall–Kier alpha value is -3.31. The van der Waals surface area contributed by atoms with Gasteiger partial charge in [0, 0.05) is 37.4 Å². The summed E-state index contributed by atoms with van der Waals surface area (Å²) >= 11 is 0. The second-order valence-corrected chi connectivity index (χ2v) is 9.89. The Morgan fingerprint density at radius 3 is 2.63 bits per heavy atom. The second-order valence-electron chi connectivity index (χ2n) is 9.89. The third-order valence-corrected chi connectivity index (χ3v) is 6.89. The van der Waals surface area contributed by atoms with E-state index in [1.54, 1.807) is 43.3 Å². The Balaban J connectivity index is 1.33. The summed E-state index contributed by atoms with van der Waals surface area (Å²) in [7, 11) is 0. The number of rotatable bonds is 8.